The van der Waals surface area contributed by atoms with Crippen LogP contribution in [-0.2, 0) is 15.3 Å². The van der Waals surface area contributed by atoms with Crippen molar-refractivity contribution in [3.05, 3.63) is 24.0 Å². The average molecular weight is 282 g/mol. The summed E-state index contributed by atoms with van der Waals surface area (Å²) in [4.78, 5) is 15.8. The normalized spacial score (nSPS) is 11.2. The molecule has 19 heavy (non-hydrogen) atoms. The molecule has 0 bridgehead atoms. The number of pyridine rings is 1. The summed E-state index contributed by atoms with van der Waals surface area (Å²) in [6.07, 6.45) is 1.78. The van der Waals surface area contributed by atoms with Crippen LogP contribution in [-0.4, -0.2) is 28.9 Å². The lowest BCUT2D eigenvalue weighted by Crippen LogP contribution is -2.24. The SMILES string of the molecule is CCNc1ccnc(CSCC(=O)OC(C)(C)C)c1. The Morgan fingerprint density at radius 3 is 2.84 bits per heavy atom. The minimum atomic E-state index is -0.416. The Morgan fingerprint density at radius 1 is 1.47 bits per heavy atom. The van der Waals surface area contributed by atoms with E-state index >= 15 is 0 Å². The molecule has 0 radical (unpaired) electrons. The number of anilines is 1. The van der Waals surface area contributed by atoms with Crippen molar-refractivity contribution in [1.82, 2.24) is 4.98 Å². The van der Waals surface area contributed by atoms with Gasteiger partial charge in [-0.15, -0.1) is 11.8 Å². The Hall–Kier alpha value is -1.23. The molecule has 1 aromatic rings. The zero-order chi connectivity index (χ0) is 14.3. The van der Waals surface area contributed by atoms with E-state index in [0.717, 1.165) is 17.9 Å². The molecule has 0 saturated carbocycles. The fraction of sp³-hybridized carbons (Fsp3) is 0.571. The maximum absolute atomic E-state index is 11.5. The van der Waals surface area contributed by atoms with E-state index in [1.807, 2.05) is 32.9 Å². The molecule has 0 saturated heterocycles. The van der Waals surface area contributed by atoms with Gasteiger partial charge < -0.3 is 10.1 Å². The van der Waals surface area contributed by atoms with Crippen LogP contribution in [0.5, 0.6) is 0 Å². The highest BCUT2D eigenvalue weighted by Gasteiger charge is 2.15. The van der Waals surface area contributed by atoms with Crippen molar-refractivity contribution in [2.75, 3.05) is 17.6 Å². The van der Waals surface area contributed by atoms with Gasteiger partial charge in [0.15, 0.2) is 0 Å². The van der Waals surface area contributed by atoms with Gasteiger partial charge >= 0.3 is 5.97 Å². The van der Waals surface area contributed by atoms with Gasteiger partial charge in [-0.25, -0.2) is 0 Å². The maximum Gasteiger partial charge on any atom is 0.316 e. The minimum absolute atomic E-state index is 0.180. The average Bonchev–Trinajstić information content (AvgIpc) is 2.27. The molecule has 1 heterocycles. The van der Waals surface area contributed by atoms with Crippen molar-refractivity contribution in [2.24, 2.45) is 0 Å². The lowest BCUT2D eigenvalue weighted by atomic mass is 10.2. The first kappa shape index (κ1) is 15.8. The molecule has 0 aliphatic heterocycles. The smallest absolute Gasteiger partial charge is 0.316 e. The van der Waals surface area contributed by atoms with Crippen LogP contribution >= 0.6 is 11.8 Å². The molecule has 4 nitrogen and oxygen atoms in total. The Labute approximate surface area is 119 Å². The molecule has 0 atom stereocenters. The molecule has 1 aromatic heterocycles. The van der Waals surface area contributed by atoms with Gasteiger partial charge in [0.25, 0.3) is 0 Å². The second kappa shape index (κ2) is 7.38. The molecule has 106 valence electrons. The highest BCUT2D eigenvalue weighted by atomic mass is 32.2. The zero-order valence-corrected chi connectivity index (χ0v) is 12.8. The van der Waals surface area contributed by atoms with Gasteiger partial charge in [0, 0.05) is 24.2 Å². The first-order valence-electron chi connectivity index (χ1n) is 6.39. The molecule has 1 N–H and O–H groups in total. The van der Waals surface area contributed by atoms with Crippen LogP contribution in [0, 0.1) is 0 Å². The van der Waals surface area contributed by atoms with E-state index in [-0.39, 0.29) is 5.97 Å². The van der Waals surface area contributed by atoms with Gasteiger partial charge in [-0.2, -0.15) is 0 Å². The second-order valence-electron chi connectivity index (χ2n) is 5.15. The number of aromatic nitrogens is 1. The predicted octanol–water partition coefficient (Wildman–Crippen LogP) is 3.09. The number of esters is 1. The van der Waals surface area contributed by atoms with Crippen LogP contribution in [0.15, 0.2) is 18.3 Å². The van der Waals surface area contributed by atoms with E-state index in [1.165, 1.54) is 11.8 Å². The van der Waals surface area contributed by atoms with Gasteiger partial charge in [0.2, 0.25) is 0 Å². The molecule has 0 aromatic carbocycles. The lowest BCUT2D eigenvalue weighted by Gasteiger charge is -2.19. The number of nitrogens with one attached hydrogen (secondary N) is 1. The minimum Gasteiger partial charge on any atom is -0.459 e. The third-order valence-electron chi connectivity index (χ3n) is 2.09. The van der Waals surface area contributed by atoms with Crippen LogP contribution in [0.1, 0.15) is 33.4 Å². The number of thioether (sulfide) groups is 1. The van der Waals surface area contributed by atoms with E-state index in [9.17, 15) is 4.79 Å². The molecule has 0 fully saturated rings. The van der Waals surface area contributed by atoms with Crippen LogP contribution in [0.4, 0.5) is 5.69 Å². The summed E-state index contributed by atoms with van der Waals surface area (Å²) in [7, 11) is 0. The second-order valence-corrected chi connectivity index (χ2v) is 6.13. The van der Waals surface area contributed by atoms with Crippen LogP contribution in [0.25, 0.3) is 0 Å². The van der Waals surface area contributed by atoms with Gasteiger partial charge in [0.1, 0.15) is 5.60 Å². The Balaban J connectivity index is 2.36. The van der Waals surface area contributed by atoms with Gasteiger partial charge in [-0.05, 0) is 39.8 Å². The van der Waals surface area contributed by atoms with E-state index < -0.39 is 5.60 Å². The Morgan fingerprint density at radius 2 is 2.21 bits per heavy atom. The molecule has 0 unspecified atom stereocenters. The molecule has 0 amide bonds. The molecule has 0 spiro atoms. The van der Waals surface area contributed by atoms with E-state index in [4.69, 9.17) is 4.74 Å². The highest BCUT2D eigenvalue weighted by molar-refractivity contribution is 7.99. The first-order chi connectivity index (χ1) is 8.90. The van der Waals surface area contributed by atoms with Crippen LogP contribution in [0.2, 0.25) is 0 Å². The molecule has 0 aliphatic carbocycles. The van der Waals surface area contributed by atoms with Crippen LogP contribution < -0.4 is 5.32 Å². The Bertz CT molecular complexity index is 416. The van der Waals surface area contributed by atoms with Gasteiger partial charge in [0.05, 0.1) is 11.4 Å². The Kier molecular flexibility index (Phi) is 6.15. The number of nitrogens with zero attached hydrogens (tertiary/aromatic N) is 1. The van der Waals surface area contributed by atoms with E-state index in [2.05, 4.69) is 17.2 Å². The first-order valence-corrected chi connectivity index (χ1v) is 7.54. The summed E-state index contributed by atoms with van der Waals surface area (Å²) >= 11 is 1.52. The molecular formula is C14H22N2O2S. The largest absolute Gasteiger partial charge is 0.459 e. The van der Waals surface area contributed by atoms with E-state index in [1.54, 1.807) is 6.20 Å². The van der Waals surface area contributed by atoms with Crippen molar-refractivity contribution in [3.63, 3.8) is 0 Å². The summed E-state index contributed by atoms with van der Waals surface area (Å²) in [6.45, 7) is 8.55. The number of hydrogen-bond donors (Lipinski definition) is 1. The lowest BCUT2D eigenvalue weighted by molar-refractivity contribution is -0.151. The van der Waals surface area contributed by atoms with Crippen LogP contribution in [0.3, 0.4) is 0 Å². The maximum atomic E-state index is 11.5. The predicted molar refractivity (Wildman–Crippen MR) is 80.4 cm³/mol. The van der Waals surface area contributed by atoms with Crippen molar-refractivity contribution < 1.29 is 9.53 Å². The number of ether oxygens (including phenoxy) is 1. The monoisotopic (exact) mass is 282 g/mol. The summed E-state index contributed by atoms with van der Waals surface area (Å²) in [5.74, 6) is 0.878. The number of hydrogen-bond acceptors (Lipinski definition) is 5. The summed E-state index contributed by atoms with van der Waals surface area (Å²) in [5.41, 5.74) is 1.61. The number of carbonyl (C=O) groups is 1. The fourth-order valence-corrected chi connectivity index (χ4v) is 2.18. The van der Waals surface area contributed by atoms with Crippen molar-refractivity contribution in [3.8, 4) is 0 Å². The summed E-state index contributed by atoms with van der Waals surface area (Å²) in [5, 5.41) is 3.24. The highest BCUT2D eigenvalue weighted by Crippen LogP contribution is 2.15. The standard InChI is InChI=1S/C14H22N2O2S/c1-5-15-11-6-7-16-12(8-11)9-19-10-13(17)18-14(2,3)4/h6-8H,5,9-10H2,1-4H3,(H,15,16). The van der Waals surface area contributed by atoms with Crippen molar-refractivity contribution >= 4 is 23.4 Å². The third-order valence-corrected chi connectivity index (χ3v) is 3.03. The van der Waals surface area contributed by atoms with Crippen molar-refractivity contribution in [2.45, 2.75) is 39.0 Å². The molecule has 0 aliphatic rings. The molecule has 5 heteroatoms. The summed E-state index contributed by atoms with van der Waals surface area (Å²) < 4.78 is 5.25. The molecule has 1 rings (SSSR count). The fourth-order valence-electron chi connectivity index (χ4n) is 1.48. The quantitative estimate of drug-likeness (QED) is 0.813. The topological polar surface area (TPSA) is 51.2 Å². The van der Waals surface area contributed by atoms with E-state index in [0.29, 0.717) is 11.5 Å². The summed E-state index contributed by atoms with van der Waals surface area (Å²) in [6, 6.07) is 3.94. The van der Waals surface area contributed by atoms with Gasteiger partial charge in [-0.1, -0.05) is 0 Å². The molecular weight excluding hydrogens is 260 g/mol. The zero-order valence-electron chi connectivity index (χ0n) is 12.0. The third kappa shape index (κ3) is 7.06. The number of rotatable bonds is 6. The number of carbonyl (C=O) groups excluding carboxylic acids is 1. The van der Waals surface area contributed by atoms with Gasteiger partial charge in [-0.3, -0.25) is 9.78 Å². The van der Waals surface area contributed by atoms with Crippen molar-refractivity contribution in [1.29, 1.82) is 0 Å².